The minimum absolute atomic E-state index is 0.168. The standard InChI is InChI=1S/C19H18INO2S/c20-15-5-1-13(2-6-15)17-11-19(9-10-19)12-18(17)14-3-7-16(8-4-14)24(21,22)23/h1-8H,9-12H2,(H2,21,22,23). The lowest BCUT2D eigenvalue weighted by atomic mass is 9.97. The molecule has 1 saturated carbocycles. The molecule has 1 spiro atoms. The average molecular weight is 451 g/mol. The van der Waals surface area contributed by atoms with Gasteiger partial charge in [0.15, 0.2) is 0 Å². The van der Waals surface area contributed by atoms with Gasteiger partial charge in [0.1, 0.15) is 0 Å². The van der Waals surface area contributed by atoms with Crippen LogP contribution in [0.3, 0.4) is 0 Å². The maximum atomic E-state index is 11.5. The summed E-state index contributed by atoms with van der Waals surface area (Å²) in [6, 6.07) is 15.7. The van der Waals surface area contributed by atoms with Crippen LogP contribution >= 0.6 is 22.6 Å². The SMILES string of the molecule is NS(=O)(=O)c1ccc(C2=C(c3ccc(I)cc3)CC3(CC3)C2)cc1. The third-order valence-electron chi connectivity index (χ3n) is 5.15. The molecule has 0 saturated heterocycles. The Morgan fingerprint density at radius 3 is 1.71 bits per heavy atom. The van der Waals surface area contributed by atoms with Gasteiger partial charge < -0.3 is 0 Å². The molecule has 0 amide bonds. The summed E-state index contributed by atoms with van der Waals surface area (Å²) in [5, 5.41) is 5.21. The molecule has 24 heavy (non-hydrogen) atoms. The van der Waals surface area contributed by atoms with Crippen LogP contribution in [0.25, 0.3) is 11.1 Å². The quantitative estimate of drug-likeness (QED) is 0.703. The molecule has 2 aliphatic carbocycles. The maximum absolute atomic E-state index is 11.5. The second-order valence-corrected chi connectivity index (χ2v) is 9.69. The summed E-state index contributed by atoms with van der Waals surface area (Å²) >= 11 is 2.32. The first-order chi connectivity index (χ1) is 11.4. The fraction of sp³-hybridized carbons (Fsp3) is 0.263. The highest BCUT2D eigenvalue weighted by Crippen LogP contribution is 2.63. The van der Waals surface area contributed by atoms with Crippen LogP contribution in [0.2, 0.25) is 0 Å². The summed E-state index contributed by atoms with van der Waals surface area (Å²) in [7, 11) is -3.64. The minimum Gasteiger partial charge on any atom is -0.225 e. The predicted octanol–water partition coefficient (Wildman–Crippen LogP) is 4.42. The van der Waals surface area contributed by atoms with Crippen molar-refractivity contribution in [1.82, 2.24) is 0 Å². The van der Waals surface area contributed by atoms with Crippen molar-refractivity contribution in [3.8, 4) is 0 Å². The first-order valence-corrected chi connectivity index (χ1v) is 10.6. The first kappa shape index (κ1) is 16.3. The highest BCUT2D eigenvalue weighted by Gasteiger charge is 2.48. The van der Waals surface area contributed by atoms with Crippen molar-refractivity contribution >= 4 is 43.8 Å². The summed E-state index contributed by atoms with van der Waals surface area (Å²) < 4.78 is 24.2. The van der Waals surface area contributed by atoms with E-state index in [1.807, 2.05) is 12.1 Å². The van der Waals surface area contributed by atoms with E-state index in [-0.39, 0.29) is 4.90 Å². The van der Waals surface area contributed by atoms with Gasteiger partial charge in [-0.2, -0.15) is 0 Å². The highest BCUT2D eigenvalue weighted by atomic mass is 127. The minimum atomic E-state index is -3.64. The molecule has 0 atom stereocenters. The van der Waals surface area contributed by atoms with Gasteiger partial charge >= 0.3 is 0 Å². The van der Waals surface area contributed by atoms with Gasteiger partial charge in [-0.3, -0.25) is 0 Å². The maximum Gasteiger partial charge on any atom is 0.238 e. The summed E-state index contributed by atoms with van der Waals surface area (Å²) in [5.41, 5.74) is 5.61. The Kier molecular flexibility index (Phi) is 3.85. The number of benzene rings is 2. The van der Waals surface area contributed by atoms with Gasteiger partial charge in [0.05, 0.1) is 4.90 Å². The molecular formula is C19H18INO2S. The van der Waals surface area contributed by atoms with Gasteiger partial charge in [0.2, 0.25) is 10.0 Å². The van der Waals surface area contributed by atoms with Gasteiger partial charge in [-0.05, 0) is 100 Å². The molecule has 0 radical (unpaired) electrons. The molecule has 124 valence electrons. The lowest BCUT2D eigenvalue weighted by molar-refractivity contribution is 0.568. The van der Waals surface area contributed by atoms with E-state index in [0.717, 1.165) is 18.4 Å². The lowest BCUT2D eigenvalue weighted by Crippen LogP contribution is -2.11. The average Bonchev–Trinajstić information content (AvgIpc) is 3.19. The molecule has 4 rings (SSSR count). The number of sulfonamides is 1. The molecule has 0 bridgehead atoms. The van der Waals surface area contributed by atoms with E-state index in [9.17, 15) is 8.42 Å². The smallest absolute Gasteiger partial charge is 0.225 e. The van der Waals surface area contributed by atoms with E-state index in [1.165, 1.54) is 33.1 Å². The highest BCUT2D eigenvalue weighted by molar-refractivity contribution is 14.1. The van der Waals surface area contributed by atoms with Crippen molar-refractivity contribution in [2.24, 2.45) is 10.6 Å². The van der Waals surface area contributed by atoms with E-state index in [1.54, 1.807) is 12.1 Å². The number of allylic oxidation sites excluding steroid dienone is 2. The Balaban J connectivity index is 1.77. The molecule has 0 aromatic heterocycles. The molecule has 0 heterocycles. The molecule has 3 nitrogen and oxygen atoms in total. The number of halogens is 1. The van der Waals surface area contributed by atoms with Gasteiger partial charge in [0.25, 0.3) is 0 Å². The van der Waals surface area contributed by atoms with Crippen LogP contribution in [0, 0.1) is 8.99 Å². The zero-order valence-electron chi connectivity index (χ0n) is 13.1. The van der Waals surface area contributed by atoms with E-state index in [2.05, 4.69) is 46.9 Å². The monoisotopic (exact) mass is 451 g/mol. The zero-order chi connectivity index (χ0) is 16.9. The van der Waals surface area contributed by atoms with Crippen molar-refractivity contribution in [2.75, 3.05) is 0 Å². The van der Waals surface area contributed by atoms with Crippen LogP contribution in [-0.4, -0.2) is 8.42 Å². The normalized spacial score (nSPS) is 19.1. The third kappa shape index (κ3) is 3.05. The molecule has 0 aliphatic heterocycles. The molecule has 2 aliphatic rings. The second-order valence-electron chi connectivity index (χ2n) is 6.89. The second kappa shape index (κ2) is 5.68. The third-order valence-corrected chi connectivity index (χ3v) is 6.80. The number of hydrogen-bond donors (Lipinski definition) is 1. The van der Waals surface area contributed by atoms with Crippen molar-refractivity contribution in [2.45, 2.75) is 30.6 Å². The number of primary sulfonamides is 1. The predicted molar refractivity (Wildman–Crippen MR) is 105 cm³/mol. The fourth-order valence-corrected chi connectivity index (χ4v) is 4.48. The Labute approximate surface area is 156 Å². The van der Waals surface area contributed by atoms with Gasteiger partial charge in [0, 0.05) is 3.57 Å². The number of hydrogen-bond acceptors (Lipinski definition) is 2. The molecule has 2 aromatic rings. The van der Waals surface area contributed by atoms with E-state index >= 15 is 0 Å². The van der Waals surface area contributed by atoms with Crippen LogP contribution in [0.15, 0.2) is 53.4 Å². The van der Waals surface area contributed by atoms with Crippen molar-refractivity contribution in [1.29, 1.82) is 0 Å². The summed E-state index contributed by atoms with van der Waals surface area (Å²) in [4.78, 5) is 0.168. The number of rotatable bonds is 3. The van der Waals surface area contributed by atoms with E-state index in [0.29, 0.717) is 5.41 Å². The first-order valence-electron chi connectivity index (χ1n) is 7.98. The molecular weight excluding hydrogens is 433 g/mol. The van der Waals surface area contributed by atoms with E-state index < -0.39 is 10.0 Å². The molecule has 1 fully saturated rings. The van der Waals surface area contributed by atoms with Crippen LogP contribution in [0.1, 0.15) is 36.8 Å². The Hall–Kier alpha value is -1.18. The summed E-state index contributed by atoms with van der Waals surface area (Å²) in [5.74, 6) is 0. The fourth-order valence-electron chi connectivity index (χ4n) is 3.61. The Morgan fingerprint density at radius 2 is 1.29 bits per heavy atom. The van der Waals surface area contributed by atoms with Gasteiger partial charge in [-0.15, -0.1) is 0 Å². The summed E-state index contributed by atoms with van der Waals surface area (Å²) in [6.45, 7) is 0. The van der Waals surface area contributed by atoms with E-state index in [4.69, 9.17) is 5.14 Å². The van der Waals surface area contributed by atoms with Crippen LogP contribution in [-0.2, 0) is 10.0 Å². The van der Waals surface area contributed by atoms with Gasteiger partial charge in [-0.25, -0.2) is 13.6 Å². The topological polar surface area (TPSA) is 60.2 Å². The molecule has 2 aromatic carbocycles. The van der Waals surface area contributed by atoms with Crippen molar-refractivity contribution in [3.63, 3.8) is 0 Å². The lowest BCUT2D eigenvalue weighted by Gasteiger charge is -2.09. The molecule has 5 heteroatoms. The Bertz CT molecular complexity index is 924. The van der Waals surface area contributed by atoms with Gasteiger partial charge in [-0.1, -0.05) is 24.3 Å². The van der Waals surface area contributed by atoms with Crippen LogP contribution < -0.4 is 5.14 Å². The Morgan fingerprint density at radius 1 is 0.833 bits per heavy atom. The zero-order valence-corrected chi connectivity index (χ0v) is 16.1. The van der Waals surface area contributed by atoms with Crippen LogP contribution in [0.5, 0.6) is 0 Å². The van der Waals surface area contributed by atoms with Crippen LogP contribution in [0.4, 0.5) is 0 Å². The largest absolute Gasteiger partial charge is 0.238 e. The molecule has 2 N–H and O–H groups in total. The number of nitrogens with two attached hydrogens (primary N) is 1. The molecule has 0 unspecified atom stereocenters. The summed E-state index contributed by atoms with van der Waals surface area (Å²) in [6.07, 6.45) is 4.79. The van der Waals surface area contributed by atoms with Crippen molar-refractivity contribution < 1.29 is 8.42 Å². The van der Waals surface area contributed by atoms with Crippen molar-refractivity contribution in [3.05, 3.63) is 63.2 Å².